The third-order valence-electron chi connectivity index (χ3n) is 1.27. The highest BCUT2D eigenvalue weighted by Crippen LogP contribution is 2.28. The van der Waals surface area contributed by atoms with E-state index in [9.17, 15) is 0 Å². The quantitative estimate of drug-likeness (QED) is 0.563. The Bertz CT molecular complexity index is 244. The molecule has 0 unspecified atom stereocenters. The molecular weight excluding hydrogens is 168 g/mol. The van der Waals surface area contributed by atoms with Crippen LogP contribution in [0, 0.1) is 0 Å². The maximum Gasteiger partial charge on any atom is 0.0726 e. The highest BCUT2D eigenvalue weighted by molar-refractivity contribution is 7.95. The number of rotatable bonds is 0. The fraction of sp³-hybridized carbons (Fsp3) is 0. The minimum Gasteiger partial charge on any atom is -0.316 e. The van der Waals surface area contributed by atoms with Crippen LogP contribution >= 0.6 is 23.7 Å². The zero-order valence-corrected chi connectivity index (χ0v) is 6.62. The molecule has 0 aromatic heterocycles. The molecule has 0 radical (unpaired) electrons. The van der Waals surface area contributed by atoms with Crippen molar-refractivity contribution in [2.24, 2.45) is 0 Å². The van der Waals surface area contributed by atoms with Crippen molar-refractivity contribution >= 4 is 23.7 Å². The van der Waals surface area contributed by atoms with Gasteiger partial charge in [-0.05, 0) is 12.2 Å². The molecule has 0 aromatic carbocycles. The van der Waals surface area contributed by atoms with E-state index in [4.69, 9.17) is 11.6 Å². The smallest absolute Gasteiger partial charge is 0.0726 e. The summed E-state index contributed by atoms with van der Waals surface area (Å²) in [5, 5.41) is 0.770. The van der Waals surface area contributed by atoms with Crippen LogP contribution in [0.3, 0.4) is 0 Å². The predicted octanol–water partition coefficient (Wildman–Crippen LogP) is 1.95. The van der Waals surface area contributed by atoms with E-state index in [0.29, 0.717) is 0 Å². The van der Waals surface area contributed by atoms with Crippen molar-refractivity contribution in [2.75, 3.05) is 0 Å². The van der Waals surface area contributed by atoms with Crippen LogP contribution in [0.2, 0.25) is 0 Å². The Labute approximate surface area is 68.5 Å². The van der Waals surface area contributed by atoms with Gasteiger partial charge in [-0.2, -0.15) is 0 Å². The Hall–Kier alpha value is -0.540. The van der Waals surface area contributed by atoms with Gasteiger partial charge in [0.05, 0.1) is 17.8 Å². The Morgan fingerprint density at radius 1 is 1.60 bits per heavy atom. The molecule has 0 spiro atoms. The number of nitrogens with one attached hydrogen (secondary N) is 1. The zero-order chi connectivity index (χ0) is 6.97. The van der Waals surface area contributed by atoms with E-state index in [1.165, 1.54) is 12.1 Å². The molecule has 2 heterocycles. The van der Waals surface area contributed by atoms with Crippen molar-refractivity contribution in [3.8, 4) is 0 Å². The molecule has 0 bridgehead atoms. The van der Waals surface area contributed by atoms with Crippen LogP contribution in [0.1, 0.15) is 0 Å². The van der Waals surface area contributed by atoms with Crippen molar-refractivity contribution in [1.29, 1.82) is 0 Å². The van der Waals surface area contributed by atoms with Gasteiger partial charge in [0.2, 0.25) is 0 Å². The van der Waals surface area contributed by atoms with E-state index in [1.54, 1.807) is 0 Å². The summed E-state index contributed by atoms with van der Waals surface area (Å²) in [7, 11) is 0. The minimum absolute atomic E-state index is 0.770. The topological polar surface area (TPSA) is 15.3 Å². The molecule has 0 fully saturated rings. The summed E-state index contributed by atoms with van der Waals surface area (Å²) in [5.41, 5.74) is 1.09. The van der Waals surface area contributed by atoms with Gasteiger partial charge in [-0.1, -0.05) is 11.6 Å². The maximum atomic E-state index is 5.75. The average Bonchev–Trinajstić information content (AvgIpc) is 2.33. The van der Waals surface area contributed by atoms with Crippen molar-refractivity contribution in [1.82, 2.24) is 9.03 Å². The van der Waals surface area contributed by atoms with E-state index in [0.717, 1.165) is 10.7 Å². The number of fused-ring (bicyclic) bond motifs is 1. The van der Waals surface area contributed by atoms with Gasteiger partial charge < -0.3 is 4.72 Å². The second kappa shape index (κ2) is 2.25. The second-order valence-corrected chi connectivity index (χ2v) is 3.20. The number of hydrogen-bond donors (Lipinski definition) is 1. The van der Waals surface area contributed by atoms with Gasteiger partial charge in [0.15, 0.2) is 0 Å². The summed E-state index contributed by atoms with van der Waals surface area (Å²) in [6.45, 7) is 0. The summed E-state index contributed by atoms with van der Waals surface area (Å²) in [4.78, 5) is 0. The van der Waals surface area contributed by atoms with Crippen LogP contribution < -0.4 is 4.72 Å². The molecule has 0 amide bonds. The molecular formula is C6H5ClN2S. The Kier molecular flexibility index (Phi) is 1.39. The lowest BCUT2D eigenvalue weighted by atomic mass is 10.3. The predicted molar refractivity (Wildman–Crippen MR) is 43.7 cm³/mol. The highest BCUT2D eigenvalue weighted by atomic mass is 35.5. The molecule has 4 heteroatoms. The van der Waals surface area contributed by atoms with Crippen LogP contribution in [0.4, 0.5) is 0 Å². The molecule has 2 rings (SSSR count). The first kappa shape index (κ1) is 6.19. The largest absolute Gasteiger partial charge is 0.316 e. The van der Waals surface area contributed by atoms with E-state index in [2.05, 4.69) is 4.72 Å². The van der Waals surface area contributed by atoms with Gasteiger partial charge in [0.1, 0.15) is 0 Å². The summed E-state index contributed by atoms with van der Waals surface area (Å²) < 4.78 is 5.02. The molecule has 52 valence electrons. The first-order chi connectivity index (χ1) is 4.86. The first-order valence-corrected chi connectivity index (χ1v) is 3.99. The normalized spacial score (nSPS) is 21.5. The molecule has 0 atom stereocenters. The number of allylic oxidation sites excluding steroid dienone is 3. The lowest BCUT2D eigenvalue weighted by Gasteiger charge is -2.14. The SMILES string of the molecule is ClC1=CC2=CNSN2C=C1. The number of hydrogen-bond acceptors (Lipinski definition) is 3. The van der Waals surface area contributed by atoms with E-state index >= 15 is 0 Å². The monoisotopic (exact) mass is 172 g/mol. The highest BCUT2D eigenvalue weighted by Gasteiger charge is 2.14. The Morgan fingerprint density at radius 3 is 3.40 bits per heavy atom. The van der Waals surface area contributed by atoms with Crippen LogP contribution in [-0.4, -0.2) is 4.31 Å². The van der Waals surface area contributed by atoms with E-state index in [-0.39, 0.29) is 0 Å². The van der Waals surface area contributed by atoms with Crippen molar-refractivity contribution < 1.29 is 0 Å². The molecule has 0 saturated heterocycles. The Morgan fingerprint density at radius 2 is 2.50 bits per heavy atom. The fourth-order valence-electron chi connectivity index (χ4n) is 0.810. The molecule has 0 aliphatic carbocycles. The zero-order valence-electron chi connectivity index (χ0n) is 5.04. The fourth-order valence-corrected chi connectivity index (χ4v) is 1.60. The molecule has 2 aliphatic heterocycles. The average molecular weight is 173 g/mol. The van der Waals surface area contributed by atoms with Crippen molar-refractivity contribution in [3.05, 3.63) is 35.3 Å². The number of nitrogens with zero attached hydrogens (tertiary/aromatic N) is 1. The lowest BCUT2D eigenvalue weighted by Crippen LogP contribution is -2.04. The summed E-state index contributed by atoms with van der Waals surface area (Å²) in [5.74, 6) is 0. The van der Waals surface area contributed by atoms with Crippen LogP contribution in [0.15, 0.2) is 35.3 Å². The van der Waals surface area contributed by atoms with Crippen molar-refractivity contribution in [3.63, 3.8) is 0 Å². The standard InChI is InChI=1S/C6H5ClN2S/c7-5-1-2-9-6(3-5)4-8-10-9/h1-4,8H. The van der Waals surface area contributed by atoms with Gasteiger partial charge in [0, 0.05) is 17.4 Å². The van der Waals surface area contributed by atoms with Gasteiger partial charge in [-0.25, -0.2) is 0 Å². The lowest BCUT2D eigenvalue weighted by molar-refractivity contribution is 0.805. The van der Waals surface area contributed by atoms with Crippen LogP contribution in [0.5, 0.6) is 0 Å². The maximum absolute atomic E-state index is 5.75. The third-order valence-corrected chi connectivity index (χ3v) is 2.25. The molecule has 0 aromatic rings. The second-order valence-electron chi connectivity index (χ2n) is 1.95. The molecule has 1 N–H and O–H groups in total. The van der Waals surface area contributed by atoms with E-state index < -0.39 is 0 Å². The number of halogens is 1. The third kappa shape index (κ3) is 0.914. The summed E-state index contributed by atoms with van der Waals surface area (Å²) >= 11 is 7.28. The van der Waals surface area contributed by atoms with Gasteiger partial charge in [-0.15, -0.1) is 0 Å². The van der Waals surface area contributed by atoms with Crippen LogP contribution in [-0.2, 0) is 0 Å². The van der Waals surface area contributed by atoms with Crippen molar-refractivity contribution in [2.45, 2.75) is 0 Å². The molecule has 2 aliphatic rings. The first-order valence-electron chi connectivity index (χ1n) is 2.83. The molecule has 0 saturated carbocycles. The van der Waals surface area contributed by atoms with Gasteiger partial charge in [0.25, 0.3) is 0 Å². The van der Waals surface area contributed by atoms with E-state index in [1.807, 2.05) is 28.9 Å². The summed E-state index contributed by atoms with van der Waals surface area (Å²) in [6.07, 6.45) is 7.61. The Balaban J connectivity index is 2.34. The molecule has 2 nitrogen and oxygen atoms in total. The van der Waals surface area contributed by atoms with Gasteiger partial charge in [-0.3, -0.25) is 4.31 Å². The minimum atomic E-state index is 0.770. The molecule has 10 heavy (non-hydrogen) atoms. The van der Waals surface area contributed by atoms with Gasteiger partial charge >= 0.3 is 0 Å². The summed E-state index contributed by atoms with van der Waals surface area (Å²) in [6, 6.07) is 0. The van der Waals surface area contributed by atoms with Crippen LogP contribution in [0.25, 0.3) is 0 Å².